The highest BCUT2D eigenvalue weighted by Gasteiger charge is 2.41. The number of carbonyl (C=O) groups is 10. The van der Waals surface area contributed by atoms with E-state index < -0.39 is 142 Å². The van der Waals surface area contributed by atoms with Gasteiger partial charge in [-0.15, -0.1) is 0 Å². The molecule has 4 rings (SSSR count). The third-order valence-corrected chi connectivity index (χ3v) is 13.9. The molecule has 1 saturated heterocycles. The molecule has 9 atom stereocenters. The number of aromatic hydroxyl groups is 1. The summed E-state index contributed by atoms with van der Waals surface area (Å²) in [6.07, 6.45) is -1.43. The summed E-state index contributed by atoms with van der Waals surface area (Å²) in [4.78, 5) is 141. The average molecular weight is 1180 g/mol. The first-order valence-corrected chi connectivity index (χ1v) is 28.0. The van der Waals surface area contributed by atoms with E-state index in [1.165, 1.54) is 60.4 Å². The van der Waals surface area contributed by atoms with Gasteiger partial charge >= 0.3 is 0 Å². The lowest BCUT2D eigenvalue weighted by Gasteiger charge is -2.31. The van der Waals surface area contributed by atoms with Crippen LogP contribution >= 0.6 is 0 Å². The quantitative estimate of drug-likeness (QED) is 0.0224. The Bertz CT molecular complexity index is 2910. The number of nitrogens with zero attached hydrogens (tertiary/aromatic N) is 2. The van der Waals surface area contributed by atoms with Gasteiger partial charge in [0.05, 0.1) is 24.0 Å². The molecule has 0 aliphatic carbocycles. The van der Waals surface area contributed by atoms with Crippen LogP contribution in [0.4, 0.5) is 0 Å². The minimum Gasteiger partial charge on any atom is -0.508 e. The summed E-state index contributed by atoms with van der Waals surface area (Å²) in [6.45, 7) is 6.85. The lowest BCUT2D eigenvalue weighted by atomic mass is 9.99. The van der Waals surface area contributed by atoms with Gasteiger partial charge in [-0.05, 0) is 79.0 Å². The highest BCUT2D eigenvalue weighted by molar-refractivity contribution is 7.89. The predicted octanol–water partition coefficient (Wildman–Crippen LogP) is -3.15. The third kappa shape index (κ3) is 21.4. The highest BCUT2D eigenvalue weighted by atomic mass is 32.2. The zero-order valence-corrected chi connectivity index (χ0v) is 47.3. The number of rotatable bonds is 31. The van der Waals surface area contributed by atoms with Crippen LogP contribution in [0.2, 0.25) is 0 Å². The summed E-state index contributed by atoms with van der Waals surface area (Å²) in [5.41, 5.74) is 12.1. The van der Waals surface area contributed by atoms with Crippen molar-refractivity contribution in [2.24, 2.45) is 33.6 Å². The first-order chi connectivity index (χ1) is 39.1. The Morgan fingerprint density at radius 1 is 0.675 bits per heavy atom. The van der Waals surface area contributed by atoms with Crippen LogP contribution in [0.1, 0.15) is 77.0 Å². The molecule has 0 unspecified atom stereocenters. The Morgan fingerprint density at radius 2 is 1.20 bits per heavy atom. The van der Waals surface area contributed by atoms with Crippen molar-refractivity contribution in [3.05, 3.63) is 95.6 Å². The topological polar surface area (TPSA) is 453 Å². The summed E-state index contributed by atoms with van der Waals surface area (Å²) in [5, 5.41) is 57.0. The summed E-state index contributed by atoms with van der Waals surface area (Å²) >= 11 is 0. The number of oxime groups is 1. The maximum absolute atomic E-state index is 14.4. The number of amides is 10. The first kappa shape index (κ1) is 67.0. The maximum atomic E-state index is 14.4. The lowest BCUT2D eigenvalue weighted by Crippen LogP contribution is -2.63. The molecule has 3 aromatic rings. The molecule has 1 fully saturated rings. The van der Waals surface area contributed by atoms with Crippen LogP contribution in [0, 0.1) is 11.8 Å². The summed E-state index contributed by atoms with van der Waals surface area (Å²) in [7, 11) is -3.92. The van der Waals surface area contributed by atoms with Gasteiger partial charge in [0.25, 0.3) is 5.91 Å². The van der Waals surface area contributed by atoms with Crippen LogP contribution in [0.3, 0.4) is 0 Å². The van der Waals surface area contributed by atoms with Gasteiger partial charge < -0.3 is 73.7 Å². The van der Waals surface area contributed by atoms with E-state index in [2.05, 4.69) is 42.4 Å². The van der Waals surface area contributed by atoms with Crippen molar-refractivity contribution in [1.82, 2.24) is 42.1 Å². The molecule has 29 heteroatoms. The van der Waals surface area contributed by atoms with Gasteiger partial charge in [-0.1, -0.05) is 87.4 Å². The number of phenolic OH excluding ortho intramolecular Hbond substituents is 1. The minimum atomic E-state index is -3.92. The molecule has 0 radical (unpaired) electrons. The second-order valence-corrected chi connectivity index (χ2v) is 22.2. The van der Waals surface area contributed by atoms with Crippen molar-refractivity contribution in [1.29, 1.82) is 0 Å². The molecule has 0 spiro atoms. The average Bonchev–Trinajstić information content (AvgIpc) is 4.22. The first-order valence-electron chi connectivity index (χ1n) is 26.5. The summed E-state index contributed by atoms with van der Waals surface area (Å²) < 4.78 is 23.0. The number of carbonyl (C=O) groups excluding carboxylic acids is 10. The number of primary sulfonamides is 1. The monoisotopic (exact) mass is 1180 g/mol. The van der Waals surface area contributed by atoms with Crippen LogP contribution in [-0.4, -0.2) is 162 Å². The molecule has 10 amide bonds. The zero-order valence-electron chi connectivity index (χ0n) is 46.5. The molecule has 452 valence electrons. The standard InChI is InChI=1S/C54H74N12O16S/c1-29(2)22-40(63-50(75)41(27-67)59-44(71)26-58-82-28-34-15-19-36(20-16-34)83(57,80)81)54(79)66-21-9-12-42(66)51(76)61-39(23-32-10-7-6-8-11-32)49(74)65-46(31(5)68)53(78)64-45(30(3)4)52(77)62-38(24-33-13-17-35(69)18-14-33)48(73)60-37(47(56)72)25-43(55)70/h6-8,10-11,13-20,26,29-31,37-42,45-46,67-69H,9,12,21-25,27-28H2,1-5H3,(H2,55,70)(H2,56,72)(H,59,71)(H,60,73)(H,61,76)(H,62,77)(H,63,75)(H,64,78)(H,65,74)(H2,57,80,81)/b58-26+/t31-,37+,38+,39+,40+,41+,42+,45+,46+/m1/s1. The molecule has 0 bridgehead atoms. The van der Waals surface area contributed by atoms with E-state index in [1.807, 2.05) is 0 Å². The Hall–Kier alpha value is -8.54. The second kappa shape index (κ2) is 31.6. The van der Waals surface area contributed by atoms with E-state index in [0.29, 0.717) is 29.3 Å². The largest absolute Gasteiger partial charge is 0.508 e. The Labute approximate surface area is 479 Å². The predicted molar refractivity (Wildman–Crippen MR) is 297 cm³/mol. The van der Waals surface area contributed by atoms with Gasteiger partial charge in [0.1, 0.15) is 66.9 Å². The van der Waals surface area contributed by atoms with Crippen molar-refractivity contribution in [2.75, 3.05) is 13.2 Å². The Balaban J connectivity index is 1.49. The molecular formula is C54H74N12O16S. The molecule has 1 aliphatic heterocycles. The molecular weight excluding hydrogens is 1100 g/mol. The SMILES string of the molecule is CC(C)C[C@H](NC(=O)[C@H](CO)NC(=O)/C=N/OCc1ccc(S(N)(=O)=O)cc1)C(=O)N1CCC[C@H]1C(=O)N[C@@H](Cc1ccccc1)C(=O)N[C@H](C(=O)N[C@H](C(=O)N[C@@H](Cc1ccc(O)cc1)C(=O)N[C@@H](CC(N)=O)C(N)=O)C(C)C)[C@@H](C)O. The van der Waals surface area contributed by atoms with Crippen molar-refractivity contribution >= 4 is 75.3 Å². The highest BCUT2D eigenvalue weighted by Crippen LogP contribution is 2.22. The lowest BCUT2D eigenvalue weighted by molar-refractivity contribution is -0.143. The minimum absolute atomic E-state index is 0.0572. The fraction of sp³-hybridized carbons (Fsp3) is 0.463. The summed E-state index contributed by atoms with van der Waals surface area (Å²) in [5.74, 6) is -10.3. The van der Waals surface area contributed by atoms with Gasteiger partial charge in [0.2, 0.25) is 63.2 Å². The summed E-state index contributed by atoms with van der Waals surface area (Å²) in [6, 6.07) is 7.70. The van der Waals surface area contributed by atoms with Crippen molar-refractivity contribution in [3.63, 3.8) is 0 Å². The molecule has 3 aromatic carbocycles. The van der Waals surface area contributed by atoms with Crippen LogP contribution in [0.25, 0.3) is 0 Å². The number of nitrogens with two attached hydrogens (primary N) is 3. The third-order valence-electron chi connectivity index (χ3n) is 13.0. The van der Waals surface area contributed by atoms with Gasteiger partial charge in [-0.3, -0.25) is 47.9 Å². The van der Waals surface area contributed by atoms with Gasteiger partial charge in [-0.25, -0.2) is 13.6 Å². The van der Waals surface area contributed by atoms with Crippen LogP contribution in [-0.2, 0) is 82.3 Å². The Kier molecular flexibility index (Phi) is 25.5. The van der Waals surface area contributed by atoms with E-state index >= 15 is 0 Å². The second-order valence-electron chi connectivity index (χ2n) is 20.6. The number of aliphatic hydroxyl groups excluding tert-OH is 2. The molecule has 1 heterocycles. The van der Waals surface area contributed by atoms with Crippen molar-refractivity contribution in [2.45, 2.75) is 139 Å². The number of nitrogens with one attached hydrogen (secondary N) is 7. The smallest absolute Gasteiger partial charge is 0.266 e. The maximum Gasteiger partial charge on any atom is 0.266 e. The van der Waals surface area contributed by atoms with Crippen molar-refractivity contribution < 1.29 is 76.5 Å². The van der Waals surface area contributed by atoms with E-state index in [9.17, 15) is 71.7 Å². The molecule has 1 aliphatic rings. The van der Waals surface area contributed by atoms with Gasteiger partial charge in [-0.2, -0.15) is 0 Å². The number of sulfonamides is 1. The molecule has 0 saturated carbocycles. The number of aliphatic hydroxyl groups is 2. The van der Waals surface area contributed by atoms with Crippen molar-refractivity contribution in [3.8, 4) is 5.75 Å². The number of likely N-dealkylation sites (tertiary alicyclic amines) is 1. The van der Waals surface area contributed by atoms with Crippen LogP contribution < -0.4 is 53.8 Å². The number of primary amides is 2. The molecule has 28 nitrogen and oxygen atoms in total. The van der Waals surface area contributed by atoms with E-state index in [-0.39, 0.29) is 55.4 Å². The fourth-order valence-corrected chi connectivity index (χ4v) is 9.16. The molecule has 0 aromatic heterocycles. The number of phenols is 1. The number of benzene rings is 3. The van der Waals surface area contributed by atoms with Crippen LogP contribution in [0.15, 0.2) is 88.9 Å². The Morgan fingerprint density at radius 3 is 1.76 bits per heavy atom. The molecule has 16 N–H and O–H groups in total. The van der Waals surface area contributed by atoms with Crippen LogP contribution in [0.5, 0.6) is 5.75 Å². The fourth-order valence-electron chi connectivity index (χ4n) is 8.64. The normalized spacial score (nSPS) is 16.2. The van der Waals surface area contributed by atoms with E-state index in [4.69, 9.17) is 21.4 Å². The van der Waals surface area contributed by atoms with E-state index in [0.717, 1.165) is 0 Å². The molecule has 83 heavy (non-hydrogen) atoms. The number of hydrogen-bond acceptors (Lipinski definition) is 17. The van der Waals surface area contributed by atoms with Gasteiger partial charge in [0, 0.05) is 19.4 Å². The van der Waals surface area contributed by atoms with Gasteiger partial charge in [0.15, 0.2) is 0 Å². The number of hydrogen-bond donors (Lipinski definition) is 13. The zero-order chi connectivity index (χ0) is 61.7. The van der Waals surface area contributed by atoms with E-state index in [1.54, 1.807) is 58.0 Å².